The number of carbonyl (C=O) groups excluding carboxylic acids is 1. The van der Waals surface area contributed by atoms with E-state index in [0.717, 1.165) is 18.2 Å². The molecular weight excluding hydrogens is 519 g/mol. The summed E-state index contributed by atoms with van der Waals surface area (Å²) < 4.78 is 60.6. The van der Waals surface area contributed by atoms with Crippen molar-refractivity contribution in [3.05, 3.63) is 108 Å². The molecule has 1 amide bonds. The quantitative estimate of drug-likeness (QED) is 0.280. The van der Waals surface area contributed by atoms with Crippen LogP contribution in [0.4, 0.5) is 13.2 Å². The number of hydrogen-bond donors (Lipinski definition) is 1. The number of nitrogens with one attached hydrogen (secondary N) is 1. The Bertz CT molecular complexity index is 1160. The minimum Gasteiger partial charge on any atom is -0.376 e. The van der Waals surface area contributed by atoms with Crippen molar-refractivity contribution in [3.63, 3.8) is 0 Å². The molecule has 3 aromatic rings. The molecule has 0 radical (unpaired) electrons. The molecule has 0 spiro atoms. The maximum Gasteiger partial charge on any atom is 0.430 e. The zero-order valence-electron chi connectivity index (χ0n) is 22.8. The third-order valence-corrected chi connectivity index (χ3v) is 7.66. The van der Waals surface area contributed by atoms with Gasteiger partial charge in [-0.15, -0.1) is 0 Å². The monoisotopic (exact) mass is 555 g/mol. The Labute approximate surface area is 233 Å². The lowest BCUT2D eigenvalue weighted by atomic mass is 9.87. The average Bonchev–Trinajstić information content (AvgIpc) is 3.25. The van der Waals surface area contributed by atoms with Crippen molar-refractivity contribution in [1.82, 2.24) is 5.32 Å². The molecule has 0 heterocycles. The van der Waals surface area contributed by atoms with Gasteiger partial charge in [0.05, 0.1) is 26.4 Å². The van der Waals surface area contributed by atoms with Gasteiger partial charge in [-0.25, -0.2) is 0 Å². The van der Waals surface area contributed by atoms with Crippen molar-refractivity contribution in [1.29, 1.82) is 0 Å². The van der Waals surface area contributed by atoms with Gasteiger partial charge in [-0.2, -0.15) is 13.2 Å². The number of amides is 1. The van der Waals surface area contributed by atoms with Crippen LogP contribution in [-0.4, -0.2) is 38.4 Å². The van der Waals surface area contributed by atoms with Gasteiger partial charge in [0, 0.05) is 24.1 Å². The van der Waals surface area contributed by atoms with Crippen LogP contribution in [0.2, 0.25) is 0 Å². The smallest absolute Gasteiger partial charge is 0.376 e. The lowest BCUT2D eigenvalue weighted by molar-refractivity contribution is -0.266. The van der Waals surface area contributed by atoms with E-state index in [1.54, 1.807) is 6.07 Å². The second kappa shape index (κ2) is 13.0. The van der Waals surface area contributed by atoms with Gasteiger partial charge in [0.2, 0.25) is 0 Å². The first-order chi connectivity index (χ1) is 19.2. The summed E-state index contributed by atoms with van der Waals surface area (Å²) in [5.74, 6) is -1.33. The van der Waals surface area contributed by atoms with E-state index in [0.29, 0.717) is 39.3 Å². The molecule has 1 aliphatic rings. The number of carbonyl (C=O) groups is 1. The van der Waals surface area contributed by atoms with Crippen molar-refractivity contribution in [3.8, 4) is 0 Å². The molecule has 40 heavy (non-hydrogen) atoms. The number of benzene rings is 3. The van der Waals surface area contributed by atoms with Crippen molar-refractivity contribution in [2.75, 3.05) is 20.3 Å². The van der Waals surface area contributed by atoms with Gasteiger partial charge in [0.1, 0.15) is 0 Å². The van der Waals surface area contributed by atoms with E-state index in [9.17, 15) is 18.0 Å². The van der Waals surface area contributed by atoms with Crippen LogP contribution < -0.4 is 5.32 Å². The fraction of sp³-hybridized carbons (Fsp3) is 0.406. The van der Waals surface area contributed by atoms with Crippen LogP contribution in [0, 0.1) is 11.3 Å². The number of methoxy groups -OCH3 is 1. The number of rotatable bonds is 12. The van der Waals surface area contributed by atoms with Crippen molar-refractivity contribution in [2.24, 2.45) is 11.3 Å². The highest BCUT2D eigenvalue weighted by molar-refractivity contribution is 5.88. The summed E-state index contributed by atoms with van der Waals surface area (Å²) in [6.45, 7) is 3.44. The standard InChI is InChI=1S/C32H36F3NO4/c1-24-18-30(22-39-20-25-12-6-3-7-13-25,23-40-21-26-14-8-4-9-15-26)19-28(24)36-29(37)31(38-2,32(33,34)35)27-16-10-5-11-17-27/h3-17,24,28H,18-23H2,1-2H3,(H,36,37)/t24-,28+,31+/m0/s1. The predicted octanol–water partition coefficient (Wildman–Crippen LogP) is 6.43. The largest absolute Gasteiger partial charge is 0.430 e. The zero-order chi connectivity index (χ0) is 28.6. The minimum absolute atomic E-state index is 0.108. The van der Waals surface area contributed by atoms with Crippen molar-refractivity contribution < 1.29 is 32.2 Å². The molecule has 3 aromatic carbocycles. The van der Waals surface area contributed by atoms with Gasteiger partial charge >= 0.3 is 6.18 Å². The molecule has 3 atom stereocenters. The van der Waals surface area contributed by atoms with Crippen LogP contribution in [0.15, 0.2) is 91.0 Å². The van der Waals surface area contributed by atoms with Gasteiger partial charge in [-0.3, -0.25) is 4.79 Å². The molecule has 0 aliphatic heterocycles. The molecule has 0 bridgehead atoms. The summed E-state index contributed by atoms with van der Waals surface area (Å²) >= 11 is 0. The first-order valence-electron chi connectivity index (χ1n) is 13.4. The lowest BCUT2D eigenvalue weighted by Crippen LogP contribution is -2.58. The van der Waals surface area contributed by atoms with E-state index in [2.05, 4.69) is 5.32 Å². The molecule has 8 heteroatoms. The topological polar surface area (TPSA) is 56.8 Å². The molecule has 0 aromatic heterocycles. The summed E-state index contributed by atoms with van der Waals surface area (Å²) in [5, 5.41) is 2.70. The van der Waals surface area contributed by atoms with Gasteiger partial charge in [-0.05, 0) is 29.9 Å². The van der Waals surface area contributed by atoms with Crippen LogP contribution >= 0.6 is 0 Å². The van der Waals surface area contributed by atoms with Crippen molar-refractivity contribution >= 4 is 5.91 Å². The predicted molar refractivity (Wildman–Crippen MR) is 146 cm³/mol. The van der Waals surface area contributed by atoms with E-state index in [4.69, 9.17) is 14.2 Å². The van der Waals surface area contributed by atoms with E-state index in [1.807, 2.05) is 67.6 Å². The normalized spacial score (nSPS) is 20.1. The molecular formula is C32H36F3NO4. The van der Waals surface area contributed by atoms with Crippen LogP contribution in [0.5, 0.6) is 0 Å². The van der Waals surface area contributed by atoms with Gasteiger partial charge in [0.25, 0.3) is 11.5 Å². The second-order valence-electron chi connectivity index (χ2n) is 10.7. The third kappa shape index (κ3) is 6.74. The van der Waals surface area contributed by atoms with Crippen LogP contribution in [0.25, 0.3) is 0 Å². The summed E-state index contributed by atoms with van der Waals surface area (Å²) in [6, 6.07) is 26.0. The van der Waals surface area contributed by atoms with Gasteiger partial charge in [-0.1, -0.05) is 97.9 Å². The Morgan fingerprint density at radius 1 is 0.825 bits per heavy atom. The van der Waals surface area contributed by atoms with Crippen molar-refractivity contribution in [2.45, 2.75) is 50.8 Å². The molecule has 1 aliphatic carbocycles. The Kier molecular flexibility index (Phi) is 9.66. The highest BCUT2D eigenvalue weighted by atomic mass is 19.4. The first kappa shape index (κ1) is 29.8. The van der Waals surface area contributed by atoms with E-state index >= 15 is 0 Å². The van der Waals surface area contributed by atoms with Crippen LogP contribution in [0.1, 0.15) is 36.5 Å². The fourth-order valence-electron chi connectivity index (χ4n) is 5.66. The molecule has 4 rings (SSSR count). The number of hydrogen-bond acceptors (Lipinski definition) is 4. The lowest BCUT2D eigenvalue weighted by Gasteiger charge is -2.35. The summed E-state index contributed by atoms with van der Waals surface area (Å²) in [7, 11) is 0.914. The minimum atomic E-state index is -4.97. The summed E-state index contributed by atoms with van der Waals surface area (Å²) in [6.07, 6.45) is -3.93. The molecule has 0 unspecified atom stereocenters. The Morgan fingerprint density at radius 3 is 1.75 bits per heavy atom. The zero-order valence-corrected chi connectivity index (χ0v) is 22.8. The average molecular weight is 556 g/mol. The Hall–Kier alpha value is -3.20. The maximum atomic E-state index is 14.5. The summed E-state index contributed by atoms with van der Waals surface area (Å²) in [4.78, 5) is 13.4. The number of halogens is 3. The van der Waals surface area contributed by atoms with E-state index < -0.39 is 29.1 Å². The molecule has 0 saturated heterocycles. The molecule has 1 saturated carbocycles. The third-order valence-electron chi connectivity index (χ3n) is 7.66. The van der Waals surface area contributed by atoms with Crippen LogP contribution in [0.3, 0.4) is 0 Å². The maximum absolute atomic E-state index is 14.5. The Balaban J connectivity index is 1.51. The SMILES string of the molecule is CO[C@@](C(=O)N[C@@H]1CC(COCc2ccccc2)(COCc2ccccc2)C[C@@H]1C)(c1ccccc1)C(F)(F)F. The van der Waals surface area contributed by atoms with Gasteiger partial charge in [0.15, 0.2) is 0 Å². The van der Waals surface area contributed by atoms with E-state index in [1.165, 1.54) is 24.3 Å². The Morgan fingerprint density at radius 2 is 1.30 bits per heavy atom. The van der Waals surface area contributed by atoms with Crippen LogP contribution in [-0.2, 0) is 37.8 Å². The van der Waals surface area contributed by atoms with Gasteiger partial charge < -0.3 is 19.5 Å². The highest BCUT2D eigenvalue weighted by Crippen LogP contribution is 2.45. The first-order valence-corrected chi connectivity index (χ1v) is 13.4. The summed E-state index contributed by atoms with van der Waals surface area (Å²) in [5.41, 5.74) is -1.82. The molecule has 1 fully saturated rings. The number of alkyl halides is 3. The van der Waals surface area contributed by atoms with E-state index in [-0.39, 0.29) is 11.5 Å². The highest BCUT2D eigenvalue weighted by Gasteiger charge is 2.63. The molecule has 1 N–H and O–H groups in total. The molecule has 214 valence electrons. The molecule has 5 nitrogen and oxygen atoms in total. The number of ether oxygens (including phenoxy) is 3. The second-order valence-corrected chi connectivity index (χ2v) is 10.7. The fourth-order valence-corrected chi connectivity index (χ4v) is 5.66.